The molecule has 4 rings (SSSR count). The molecule has 0 aliphatic carbocycles. The van der Waals surface area contributed by atoms with Gasteiger partial charge in [-0.15, -0.1) is 0 Å². The van der Waals surface area contributed by atoms with Gasteiger partial charge in [0, 0.05) is 48.1 Å². The first-order valence-electron chi connectivity index (χ1n) is 11.2. The summed E-state index contributed by atoms with van der Waals surface area (Å²) in [6, 6.07) is 11.6. The number of benzene rings is 2. The van der Waals surface area contributed by atoms with Crippen LogP contribution >= 0.6 is 0 Å². The molecule has 0 saturated carbocycles. The van der Waals surface area contributed by atoms with Gasteiger partial charge in [0.1, 0.15) is 0 Å². The highest BCUT2D eigenvalue weighted by atomic mass is 16.5. The zero-order valence-electron chi connectivity index (χ0n) is 19.9. The maximum Gasteiger partial charge on any atom is 0.251 e. The first kappa shape index (κ1) is 23.4. The number of aliphatic imine (C=N–C) groups is 1. The van der Waals surface area contributed by atoms with E-state index in [-0.39, 0.29) is 11.8 Å². The number of likely N-dealkylation sites (N-methyl/N-ethyl adjacent to an activating group) is 1. The SMILES string of the molecule is CNCCNC(=O)c1cccc(C2CC=Nc3c[nH]c(-c4cc(OC)c(OC)c(OC)c4)c32)c1. The monoisotopic (exact) mass is 462 g/mol. The first-order chi connectivity index (χ1) is 16.6. The van der Waals surface area contributed by atoms with Crippen molar-refractivity contribution in [2.45, 2.75) is 12.3 Å². The van der Waals surface area contributed by atoms with Gasteiger partial charge in [0.25, 0.3) is 5.91 Å². The number of aromatic amines is 1. The Morgan fingerprint density at radius 1 is 1.09 bits per heavy atom. The second-order valence-corrected chi connectivity index (χ2v) is 7.96. The van der Waals surface area contributed by atoms with Crippen LogP contribution in [0.25, 0.3) is 11.3 Å². The van der Waals surface area contributed by atoms with Crippen LogP contribution in [0.5, 0.6) is 17.2 Å². The van der Waals surface area contributed by atoms with Crippen LogP contribution in [-0.4, -0.2) is 58.6 Å². The summed E-state index contributed by atoms with van der Waals surface area (Å²) < 4.78 is 16.6. The molecule has 0 saturated heterocycles. The highest BCUT2D eigenvalue weighted by Crippen LogP contribution is 2.47. The van der Waals surface area contributed by atoms with Gasteiger partial charge in [0.15, 0.2) is 11.5 Å². The smallest absolute Gasteiger partial charge is 0.251 e. The van der Waals surface area contributed by atoms with E-state index in [1.807, 2.05) is 49.8 Å². The van der Waals surface area contributed by atoms with Gasteiger partial charge >= 0.3 is 0 Å². The number of methoxy groups -OCH3 is 3. The molecule has 2 heterocycles. The first-order valence-corrected chi connectivity index (χ1v) is 11.2. The number of amides is 1. The Morgan fingerprint density at radius 2 is 1.85 bits per heavy atom. The van der Waals surface area contributed by atoms with E-state index >= 15 is 0 Å². The molecule has 1 amide bonds. The maximum absolute atomic E-state index is 12.6. The normalized spacial score (nSPS) is 14.4. The van der Waals surface area contributed by atoms with Crippen LogP contribution in [0.2, 0.25) is 0 Å². The molecule has 2 aromatic carbocycles. The summed E-state index contributed by atoms with van der Waals surface area (Å²) in [5.41, 5.74) is 5.48. The van der Waals surface area contributed by atoms with Gasteiger partial charge in [-0.25, -0.2) is 0 Å². The predicted octanol–water partition coefficient (Wildman–Crippen LogP) is 3.89. The van der Waals surface area contributed by atoms with E-state index in [1.54, 1.807) is 21.3 Å². The molecule has 1 unspecified atom stereocenters. The Kier molecular flexibility index (Phi) is 7.18. The zero-order chi connectivity index (χ0) is 24.1. The molecule has 0 fully saturated rings. The van der Waals surface area contributed by atoms with Crippen LogP contribution in [0.3, 0.4) is 0 Å². The van der Waals surface area contributed by atoms with Crippen LogP contribution < -0.4 is 24.8 Å². The van der Waals surface area contributed by atoms with Gasteiger partial charge < -0.3 is 29.8 Å². The van der Waals surface area contributed by atoms with Crippen molar-refractivity contribution in [1.82, 2.24) is 15.6 Å². The highest BCUT2D eigenvalue weighted by Gasteiger charge is 2.27. The van der Waals surface area contributed by atoms with Crippen LogP contribution in [0.1, 0.15) is 33.8 Å². The minimum atomic E-state index is -0.0827. The van der Waals surface area contributed by atoms with Crippen molar-refractivity contribution in [2.24, 2.45) is 4.99 Å². The van der Waals surface area contributed by atoms with Gasteiger partial charge in [-0.3, -0.25) is 9.79 Å². The average Bonchev–Trinajstić information content (AvgIpc) is 3.32. The molecule has 1 atom stereocenters. The summed E-state index contributed by atoms with van der Waals surface area (Å²) in [5, 5.41) is 5.98. The lowest BCUT2D eigenvalue weighted by Gasteiger charge is -2.22. The van der Waals surface area contributed by atoms with Crippen molar-refractivity contribution in [3.63, 3.8) is 0 Å². The van der Waals surface area contributed by atoms with Crippen molar-refractivity contribution in [2.75, 3.05) is 41.5 Å². The lowest BCUT2D eigenvalue weighted by molar-refractivity contribution is 0.0954. The molecule has 1 aliphatic rings. The molecule has 0 bridgehead atoms. The molecule has 8 nitrogen and oxygen atoms in total. The molecular weight excluding hydrogens is 432 g/mol. The van der Waals surface area contributed by atoms with Crippen molar-refractivity contribution in [3.05, 3.63) is 59.3 Å². The molecule has 1 aliphatic heterocycles. The number of carbonyl (C=O) groups excluding carboxylic acids is 1. The number of nitrogens with zero attached hydrogens (tertiary/aromatic N) is 1. The van der Waals surface area contributed by atoms with Crippen LogP contribution in [0, 0.1) is 0 Å². The van der Waals surface area contributed by atoms with Crippen molar-refractivity contribution in [3.8, 4) is 28.5 Å². The number of hydrogen-bond donors (Lipinski definition) is 3. The van der Waals surface area contributed by atoms with Gasteiger partial charge in [-0.2, -0.15) is 0 Å². The fourth-order valence-corrected chi connectivity index (χ4v) is 4.32. The molecular formula is C26H30N4O4. The number of aromatic nitrogens is 1. The quantitative estimate of drug-likeness (QED) is 0.419. The van der Waals surface area contributed by atoms with E-state index in [0.29, 0.717) is 29.4 Å². The third-order valence-corrected chi connectivity index (χ3v) is 5.98. The number of fused-ring (bicyclic) bond motifs is 1. The lowest BCUT2D eigenvalue weighted by Crippen LogP contribution is -2.30. The third-order valence-electron chi connectivity index (χ3n) is 5.98. The lowest BCUT2D eigenvalue weighted by atomic mass is 9.84. The fourth-order valence-electron chi connectivity index (χ4n) is 4.32. The van der Waals surface area contributed by atoms with Crippen molar-refractivity contribution < 1.29 is 19.0 Å². The summed E-state index contributed by atoms with van der Waals surface area (Å²) in [6.07, 6.45) is 4.57. The van der Waals surface area contributed by atoms with Gasteiger partial charge in [-0.1, -0.05) is 12.1 Å². The molecule has 0 radical (unpaired) electrons. The molecule has 0 spiro atoms. The number of hydrogen-bond acceptors (Lipinski definition) is 6. The summed E-state index contributed by atoms with van der Waals surface area (Å²) in [6.45, 7) is 1.29. The van der Waals surface area contributed by atoms with Gasteiger partial charge in [0.05, 0.1) is 32.7 Å². The van der Waals surface area contributed by atoms with E-state index < -0.39 is 0 Å². The Bertz CT molecular complexity index is 1180. The minimum absolute atomic E-state index is 0.0397. The topological polar surface area (TPSA) is 97.0 Å². The Labute approximate surface area is 199 Å². The number of ether oxygens (including phenoxy) is 3. The molecule has 3 aromatic rings. The zero-order valence-corrected chi connectivity index (χ0v) is 19.9. The Balaban J connectivity index is 1.74. The third kappa shape index (κ3) is 4.49. The summed E-state index contributed by atoms with van der Waals surface area (Å²) >= 11 is 0. The standard InChI is InChI=1S/C26H30N4O4/c1-27-10-11-29-26(31)17-7-5-6-16(12-17)19-8-9-28-20-15-30-24(23(19)20)18-13-21(32-2)25(34-4)22(14-18)33-3/h5-7,9,12-15,19,27,30H,8,10-11H2,1-4H3,(H,29,31). The second kappa shape index (κ2) is 10.4. The van der Waals surface area contributed by atoms with E-state index in [0.717, 1.165) is 41.0 Å². The fraction of sp³-hybridized carbons (Fsp3) is 0.308. The van der Waals surface area contributed by atoms with E-state index in [2.05, 4.69) is 26.7 Å². The van der Waals surface area contributed by atoms with E-state index in [9.17, 15) is 4.79 Å². The second-order valence-electron chi connectivity index (χ2n) is 7.96. The highest BCUT2D eigenvalue weighted by molar-refractivity contribution is 5.94. The largest absolute Gasteiger partial charge is 0.493 e. The van der Waals surface area contributed by atoms with E-state index in [4.69, 9.17) is 14.2 Å². The van der Waals surface area contributed by atoms with Crippen LogP contribution in [-0.2, 0) is 0 Å². The summed E-state index contributed by atoms with van der Waals surface area (Å²) in [4.78, 5) is 20.6. The van der Waals surface area contributed by atoms with Crippen LogP contribution in [0.4, 0.5) is 5.69 Å². The Morgan fingerprint density at radius 3 is 2.53 bits per heavy atom. The molecule has 8 heteroatoms. The van der Waals surface area contributed by atoms with Crippen LogP contribution in [0.15, 0.2) is 47.6 Å². The predicted molar refractivity (Wildman–Crippen MR) is 133 cm³/mol. The molecule has 3 N–H and O–H groups in total. The summed E-state index contributed by atoms with van der Waals surface area (Å²) in [7, 11) is 6.65. The molecule has 178 valence electrons. The number of rotatable bonds is 9. The average molecular weight is 463 g/mol. The Hall–Kier alpha value is -3.78. The number of carbonyl (C=O) groups is 1. The maximum atomic E-state index is 12.6. The summed E-state index contributed by atoms with van der Waals surface area (Å²) in [5.74, 6) is 1.66. The molecule has 1 aromatic heterocycles. The minimum Gasteiger partial charge on any atom is -0.493 e. The van der Waals surface area contributed by atoms with E-state index in [1.165, 1.54) is 0 Å². The van der Waals surface area contributed by atoms with Gasteiger partial charge in [0.2, 0.25) is 5.75 Å². The van der Waals surface area contributed by atoms with Crippen molar-refractivity contribution >= 4 is 17.8 Å². The number of nitrogens with one attached hydrogen (secondary N) is 3. The van der Waals surface area contributed by atoms with Crippen molar-refractivity contribution in [1.29, 1.82) is 0 Å². The van der Waals surface area contributed by atoms with Gasteiger partial charge in [-0.05, 0) is 43.3 Å². The number of H-pyrrole nitrogens is 1. The molecule has 34 heavy (non-hydrogen) atoms.